The fourth-order valence-electron chi connectivity index (χ4n) is 3.16. The second-order valence-electron chi connectivity index (χ2n) is 6.56. The second kappa shape index (κ2) is 8.33. The van der Waals surface area contributed by atoms with Crippen LogP contribution in [-0.4, -0.2) is 42.8 Å². The molecule has 5 nitrogen and oxygen atoms in total. The minimum atomic E-state index is -0.428. The van der Waals surface area contributed by atoms with Crippen LogP contribution in [0.15, 0.2) is 18.2 Å². The Kier molecular flexibility index (Phi) is 6.43. The lowest BCUT2D eigenvalue weighted by molar-refractivity contribution is 0.0563. The number of benzene rings is 1. The average molecular weight is 338 g/mol. The Bertz CT molecular complexity index is 567. The number of amides is 2. The minimum absolute atomic E-state index is 0.135. The standard InChI is InChI=1S/C18H27FN2O3/c1-12(13-8-9-15(19)17(10-13)24-3)20-18(23)21(2)11-14-6-4-5-7-16(14)22/h8-10,12,14,16,22H,4-7,11H2,1-3H3,(H,20,23)/t12-,14+,16-/m0/s1. The maximum atomic E-state index is 13.5. The number of hydrogen-bond acceptors (Lipinski definition) is 3. The molecule has 1 aromatic rings. The smallest absolute Gasteiger partial charge is 0.317 e. The van der Waals surface area contributed by atoms with Gasteiger partial charge in [0, 0.05) is 19.5 Å². The Morgan fingerprint density at radius 2 is 2.17 bits per heavy atom. The molecule has 0 bridgehead atoms. The zero-order valence-corrected chi connectivity index (χ0v) is 14.6. The Labute approximate surface area is 142 Å². The molecule has 2 rings (SSSR count). The summed E-state index contributed by atoms with van der Waals surface area (Å²) in [7, 11) is 3.14. The highest BCUT2D eigenvalue weighted by atomic mass is 19.1. The van der Waals surface area contributed by atoms with Crippen molar-refractivity contribution >= 4 is 6.03 Å². The molecule has 1 fully saturated rings. The Balaban J connectivity index is 1.92. The van der Waals surface area contributed by atoms with Gasteiger partial charge < -0.3 is 20.1 Å². The molecule has 0 radical (unpaired) electrons. The highest BCUT2D eigenvalue weighted by Crippen LogP contribution is 2.25. The lowest BCUT2D eigenvalue weighted by Gasteiger charge is -2.31. The fourth-order valence-corrected chi connectivity index (χ4v) is 3.16. The summed E-state index contributed by atoms with van der Waals surface area (Å²) in [5.41, 5.74) is 0.771. The maximum Gasteiger partial charge on any atom is 0.317 e. The van der Waals surface area contributed by atoms with E-state index in [0.29, 0.717) is 6.54 Å². The van der Waals surface area contributed by atoms with Crippen molar-refractivity contribution in [2.24, 2.45) is 5.92 Å². The van der Waals surface area contributed by atoms with Crippen molar-refractivity contribution in [3.63, 3.8) is 0 Å². The number of aliphatic hydroxyl groups excluding tert-OH is 1. The summed E-state index contributed by atoms with van der Waals surface area (Å²) in [6, 6.07) is 4.08. The lowest BCUT2D eigenvalue weighted by atomic mass is 9.86. The first kappa shape index (κ1) is 18.5. The van der Waals surface area contributed by atoms with E-state index in [0.717, 1.165) is 31.2 Å². The van der Waals surface area contributed by atoms with E-state index in [-0.39, 0.29) is 29.8 Å². The highest BCUT2D eigenvalue weighted by Gasteiger charge is 2.26. The van der Waals surface area contributed by atoms with Crippen LogP contribution in [0, 0.1) is 11.7 Å². The summed E-state index contributed by atoms with van der Waals surface area (Å²) < 4.78 is 18.5. The number of aliphatic hydroxyl groups is 1. The summed E-state index contributed by atoms with van der Waals surface area (Å²) in [6.07, 6.45) is 3.59. The molecule has 0 spiro atoms. The monoisotopic (exact) mass is 338 g/mol. The highest BCUT2D eigenvalue weighted by molar-refractivity contribution is 5.74. The molecule has 24 heavy (non-hydrogen) atoms. The average Bonchev–Trinajstić information content (AvgIpc) is 2.57. The molecule has 0 aliphatic heterocycles. The van der Waals surface area contributed by atoms with E-state index in [4.69, 9.17) is 4.74 Å². The minimum Gasteiger partial charge on any atom is -0.494 e. The molecule has 3 atom stereocenters. The van der Waals surface area contributed by atoms with E-state index in [1.807, 2.05) is 6.92 Å². The van der Waals surface area contributed by atoms with E-state index >= 15 is 0 Å². The van der Waals surface area contributed by atoms with Crippen molar-refractivity contribution in [1.82, 2.24) is 10.2 Å². The van der Waals surface area contributed by atoms with Gasteiger partial charge in [-0.2, -0.15) is 0 Å². The van der Waals surface area contributed by atoms with Crippen LogP contribution in [0.2, 0.25) is 0 Å². The number of nitrogens with one attached hydrogen (secondary N) is 1. The number of carbonyl (C=O) groups excluding carboxylic acids is 1. The second-order valence-corrected chi connectivity index (χ2v) is 6.56. The van der Waals surface area contributed by atoms with Crippen molar-refractivity contribution in [3.8, 4) is 5.75 Å². The molecule has 0 heterocycles. The Morgan fingerprint density at radius 1 is 1.46 bits per heavy atom. The summed E-state index contributed by atoms with van der Waals surface area (Å²) in [5.74, 6) is -0.133. The van der Waals surface area contributed by atoms with E-state index in [2.05, 4.69) is 5.32 Å². The number of rotatable bonds is 5. The van der Waals surface area contributed by atoms with Crippen LogP contribution in [0.5, 0.6) is 5.75 Å². The first-order chi connectivity index (χ1) is 11.4. The van der Waals surface area contributed by atoms with Gasteiger partial charge >= 0.3 is 6.03 Å². The van der Waals surface area contributed by atoms with Gasteiger partial charge in [-0.1, -0.05) is 18.9 Å². The molecule has 134 valence electrons. The quantitative estimate of drug-likeness (QED) is 0.867. The first-order valence-electron chi connectivity index (χ1n) is 8.45. The van der Waals surface area contributed by atoms with Crippen molar-refractivity contribution in [2.75, 3.05) is 20.7 Å². The Morgan fingerprint density at radius 3 is 2.83 bits per heavy atom. The summed E-state index contributed by atoms with van der Waals surface area (Å²) >= 11 is 0. The van der Waals surface area contributed by atoms with Crippen LogP contribution in [0.3, 0.4) is 0 Å². The number of hydrogen-bond donors (Lipinski definition) is 2. The number of methoxy groups -OCH3 is 1. The molecule has 0 aromatic heterocycles. The number of nitrogens with zero attached hydrogens (tertiary/aromatic N) is 1. The van der Waals surface area contributed by atoms with Crippen molar-refractivity contribution in [3.05, 3.63) is 29.6 Å². The third kappa shape index (κ3) is 4.60. The van der Waals surface area contributed by atoms with Gasteiger partial charge in [-0.15, -0.1) is 0 Å². The molecule has 1 aliphatic rings. The van der Waals surface area contributed by atoms with Gasteiger partial charge in [0.05, 0.1) is 19.3 Å². The number of halogens is 1. The molecule has 6 heteroatoms. The molecular formula is C18H27FN2O3. The molecule has 2 N–H and O–H groups in total. The van der Waals surface area contributed by atoms with E-state index in [9.17, 15) is 14.3 Å². The topological polar surface area (TPSA) is 61.8 Å². The summed E-state index contributed by atoms with van der Waals surface area (Å²) in [4.78, 5) is 14.0. The van der Waals surface area contributed by atoms with Crippen LogP contribution >= 0.6 is 0 Å². The Hall–Kier alpha value is -1.82. The van der Waals surface area contributed by atoms with Crippen molar-refractivity contribution in [1.29, 1.82) is 0 Å². The van der Waals surface area contributed by atoms with Gasteiger partial charge in [0.15, 0.2) is 11.6 Å². The summed E-state index contributed by atoms with van der Waals surface area (Å²) in [5, 5.41) is 12.9. The van der Waals surface area contributed by atoms with Crippen LogP contribution in [0.1, 0.15) is 44.2 Å². The largest absolute Gasteiger partial charge is 0.494 e. The molecular weight excluding hydrogens is 311 g/mol. The maximum absolute atomic E-state index is 13.5. The predicted molar refractivity (Wildman–Crippen MR) is 90.5 cm³/mol. The SMILES string of the molecule is COc1cc([C@H](C)NC(=O)N(C)C[C@H]2CCCC[C@@H]2O)ccc1F. The van der Waals surface area contributed by atoms with Crippen LogP contribution < -0.4 is 10.1 Å². The number of ether oxygens (including phenoxy) is 1. The number of carbonyl (C=O) groups is 1. The lowest BCUT2D eigenvalue weighted by Crippen LogP contribution is -2.43. The van der Waals surface area contributed by atoms with E-state index < -0.39 is 5.82 Å². The zero-order chi connectivity index (χ0) is 17.7. The van der Waals surface area contributed by atoms with E-state index in [1.54, 1.807) is 24.1 Å². The van der Waals surface area contributed by atoms with Gasteiger partial charge in [0.1, 0.15) is 0 Å². The van der Waals surface area contributed by atoms with Crippen LogP contribution in [0.25, 0.3) is 0 Å². The predicted octanol–water partition coefficient (Wildman–Crippen LogP) is 3.09. The molecule has 0 unspecified atom stereocenters. The van der Waals surface area contributed by atoms with Gasteiger partial charge in [0.2, 0.25) is 0 Å². The van der Waals surface area contributed by atoms with Gasteiger partial charge in [-0.05, 0) is 37.5 Å². The third-order valence-corrected chi connectivity index (χ3v) is 4.74. The normalized spacial score (nSPS) is 21.9. The third-order valence-electron chi connectivity index (χ3n) is 4.74. The summed E-state index contributed by atoms with van der Waals surface area (Å²) in [6.45, 7) is 2.38. The molecule has 2 amide bonds. The van der Waals surface area contributed by atoms with Crippen molar-refractivity contribution in [2.45, 2.75) is 44.8 Å². The van der Waals surface area contributed by atoms with Gasteiger partial charge in [-0.25, -0.2) is 9.18 Å². The molecule has 1 aliphatic carbocycles. The van der Waals surface area contributed by atoms with Crippen LogP contribution in [0.4, 0.5) is 9.18 Å². The number of urea groups is 1. The van der Waals surface area contributed by atoms with Gasteiger partial charge in [-0.3, -0.25) is 0 Å². The zero-order valence-electron chi connectivity index (χ0n) is 14.6. The fraction of sp³-hybridized carbons (Fsp3) is 0.611. The molecule has 1 aromatic carbocycles. The van der Waals surface area contributed by atoms with Gasteiger partial charge in [0.25, 0.3) is 0 Å². The van der Waals surface area contributed by atoms with E-state index in [1.165, 1.54) is 13.2 Å². The van der Waals surface area contributed by atoms with Crippen molar-refractivity contribution < 1.29 is 19.0 Å². The molecule has 0 saturated heterocycles. The first-order valence-corrected chi connectivity index (χ1v) is 8.45. The van der Waals surface area contributed by atoms with Crippen LogP contribution in [-0.2, 0) is 0 Å². The molecule has 1 saturated carbocycles.